The standard InChI is InChI=1S/C28H28F3N5O3/c1-3-35-16-22-7-9-39-10-8-36(22)24-12-19(14-33-25(24)27(35)38)23-13-21(15-32-17(23)2)34-26(37)18-5-4-6-20(11-18)28(29,30)31/h4-6,11-15,22H,3,7-10,16H2,1-2H3,(H,34,37). The molecule has 8 nitrogen and oxygen atoms in total. The van der Waals surface area contributed by atoms with Crippen molar-refractivity contribution in [2.45, 2.75) is 32.5 Å². The zero-order chi connectivity index (χ0) is 27.7. The molecule has 0 saturated carbocycles. The number of nitrogens with zero attached hydrogens (tertiary/aromatic N) is 4. The van der Waals surface area contributed by atoms with Crippen LogP contribution >= 0.6 is 0 Å². The number of halogens is 3. The molecule has 2 aliphatic heterocycles. The van der Waals surface area contributed by atoms with Gasteiger partial charge in [0.2, 0.25) is 0 Å². The van der Waals surface area contributed by atoms with Gasteiger partial charge < -0.3 is 19.9 Å². The van der Waals surface area contributed by atoms with E-state index in [1.165, 1.54) is 18.3 Å². The number of ether oxygens (including phenoxy) is 1. The summed E-state index contributed by atoms with van der Waals surface area (Å²) in [5.74, 6) is -0.805. The van der Waals surface area contributed by atoms with E-state index in [1.807, 2.05) is 19.9 Å². The second-order valence-electron chi connectivity index (χ2n) is 9.57. The lowest BCUT2D eigenvalue weighted by Gasteiger charge is -2.31. The molecule has 1 aromatic carbocycles. The normalized spacial score (nSPS) is 17.7. The molecule has 0 radical (unpaired) electrons. The average molecular weight is 540 g/mol. The number of pyridine rings is 2. The Kier molecular flexibility index (Phi) is 7.26. The van der Waals surface area contributed by atoms with E-state index in [1.54, 1.807) is 17.2 Å². The third-order valence-corrected chi connectivity index (χ3v) is 7.10. The minimum atomic E-state index is -4.55. The first-order valence-electron chi connectivity index (χ1n) is 12.7. The number of aromatic nitrogens is 2. The van der Waals surface area contributed by atoms with Gasteiger partial charge in [-0.2, -0.15) is 13.2 Å². The minimum absolute atomic E-state index is 0.0898. The summed E-state index contributed by atoms with van der Waals surface area (Å²) >= 11 is 0. The van der Waals surface area contributed by atoms with Crippen molar-refractivity contribution in [1.82, 2.24) is 14.9 Å². The molecule has 0 aliphatic carbocycles. The third-order valence-electron chi connectivity index (χ3n) is 7.10. The molecule has 1 saturated heterocycles. The van der Waals surface area contributed by atoms with Gasteiger partial charge in [-0.15, -0.1) is 0 Å². The van der Waals surface area contributed by atoms with Gasteiger partial charge in [-0.25, -0.2) is 4.98 Å². The van der Waals surface area contributed by atoms with Crippen molar-refractivity contribution in [1.29, 1.82) is 0 Å². The molecule has 2 aromatic heterocycles. The van der Waals surface area contributed by atoms with Crippen LogP contribution in [0.25, 0.3) is 11.1 Å². The van der Waals surface area contributed by atoms with Crippen LogP contribution in [0, 0.1) is 6.92 Å². The SMILES string of the molecule is CCN1CC2CCOCCN2c2cc(-c3cc(NC(=O)c4cccc(C(F)(F)F)c4)cnc3C)cnc2C1=O. The Bertz CT molecular complexity index is 1410. The van der Waals surface area contributed by atoms with Crippen LogP contribution in [-0.2, 0) is 10.9 Å². The zero-order valence-corrected chi connectivity index (χ0v) is 21.6. The summed E-state index contributed by atoms with van der Waals surface area (Å²) in [6, 6.07) is 7.95. The molecule has 204 valence electrons. The topological polar surface area (TPSA) is 87.7 Å². The lowest BCUT2D eigenvalue weighted by Crippen LogP contribution is -2.43. The highest BCUT2D eigenvalue weighted by Gasteiger charge is 2.34. The van der Waals surface area contributed by atoms with Gasteiger partial charge in [0.15, 0.2) is 5.69 Å². The molecule has 4 heterocycles. The van der Waals surface area contributed by atoms with Crippen molar-refractivity contribution in [3.63, 3.8) is 0 Å². The zero-order valence-electron chi connectivity index (χ0n) is 21.6. The lowest BCUT2D eigenvalue weighted by molar-refractivity contribution is -0.137. The quantitative estimate of drug-likeness (QED) is 0.513. The fraction of sp³-hybridized carbons (Fsp3) is 0.357. The molecule has 0 spiro atoms. The molecule has 11 heteroatoms. The van der Waals surface area contributed by atoms with Crippen LogP contribution in [0.1, 0.15) is 45.4 Å². The summed E-state index contributed by atoms with van der Waals surface area (Å²) in [7, 11) is 0. The van der Waals surface area contributed by atoms with Crippen LogP contribution in [0.5, 0.6) is 0 Å². The monoisotopic (exact) mass is 539 g/mol. The van der Waals surface area contributed by atoms with Gasteiger partial charge in [0.1, 0.15) is 0 Å². The number of rotatable bonds is 4. The summed E-state index contributed by atoms with van der Waals surface area (Å²) < 4.78 is 45.0. The number of anilines is 2. The number of fused-ring (bicyclic) bond motifs is 3. The number of hydrogen-bond acceptors (Lipinski definition) is 6. The molecule has 1 N–H and O–H groups in total. The second kappa shape index (κ2) is 10.6. The van der Waals surface area contributed by atoms with E-state index in [0.717, 1.165) is 24.2 Å². The molecule has 2 amide bonds. The minimum Gasteiger partial charge on any atom is -0.380 e. The fourth-order valence-electron chi connectivity index (χ4n) is 5.01. The van der Waals surface area contributed by atoms with Crippen LogP contribution in [0.15, 0.2) is 48.8 Å². The first-order valence-corrected chi connectivity index (χ1v) is 12.7. The van der Waals surface area contributed by atoms with Crippen molar-refractivity contribution in [3.8, 4) is 11.1 Å². The Morgan fingerprint density at radius 2 is 1.97 bits per heavy atom. The van der Waals surface area contributed by atoms with Crippen molar-refractivity contribution in [3.05, 3.63) is 71.3 Å². The maximum absolute atomic E-state index is 13.3. The molecular weight excluding hydrogens is 511 g/mol. The van der Waals surface area contributed by atoms with Gasteiger partial charge in [0, 0.05) is 60.9 Å². The van der Waals surface area contributed by atoms with Gasteiger partial charge in [-0.1, -0.05) is 6.07 Å². The summed E-state index contributed by atoms with van der Waals surface area (Å²) in [4.78, 5) is 39.0. The van der Waals surface area contributed by atoms with Crippen LogP contribution in [0.3, 0.4) is 0 Å². The van der Waals surface area contributed by atoms with Crippen LogP contribution in [0.4, 0.5) is 24.5 Å². The second-order valence-corrected chi connectivity index (χ2v) is 9.57. The van der Waals surface area contributed by atoms with Crippen LogP contribution in [-0.4, -0.2) is 65.6 Å². The van der Waals surface area contributed by atoms with Crippen molar-refractivity contribution in [2.75, 3.05) is 43.1 Å². The van der Waals surface area contributed by atoms with Crippen LogP contribution in [0.2, 0.25) is 0 Å². The van der Waals surface area contributed by atoms with Crippen molar-refractivity contribution < 1.29 is 27.5 Å². The summed E-state index contributed by atoms with van der Waals surface area (Å²) in [5.41, 5.74) is 2.46. The summed E-state index contributed by atoms with van der Waals surface area (Å²) in [6.07, 6.45) is -0.708. The molecule has 2 aliphatic rings. The van der Waals surface area contributed by atoms with Gasteiger partial charge in [0.05, 0.1) is 29.7 Å². The average Bonchev–Trinajstić information content (AvgIpc) is 3.22. The van der Waals surface area contributed by atoms with E-state index in [0.29, 0.717) is 61.1 Å². The van der Waals surface area contributed by atoms with E-state index < -0.39 is 17.6 Å². The van der Waals surface area contributed by atoms with Gasteiger partial charge in [-0.3, -0.25) is 14.6 Å². The first kappa shape index (κ1) is 26.6. The van der Waals surface area contributed by atoms with Gasteiger partial charge in [0.25, 0.3) is 11.8 Å². The number of hydrogen-bond donors (Lipinski definition) is 1. The highest BCUT2D eigenvalue weighted by Crippen LogP contribution is 2.34. The molecule has 0 bridgehead atoms. The van der Waals surface area contributed by atoms with E-state index in [4.69, 9.17) is 4.74 Å². The number of carbonyl (C=O) groups excluding carboxylic acids is 2. The molecule has 5 rings (SSSR count). The highest BCUT2D eigenvalue weighted by atomic mass is 19.4. The smallest absolute Gasteiger partial charge is 0.380 e. The van der Waals surface area contributed by atoms with E-state index in [2.05, 4.69) is 20.2 Å². The number of carbonyl (C=O) groups is 2. The third kappa shape index (κ3) is 5.44. The van der Waals surface area contributed by atoms with E-state index >= 15 is 0 Å². The summed E-state index contributed by atoms with van der Waals surface area (Å²) in [6.45, 7) is 6.70. The van der Waals surface area contributed by atoms with E-state index in [9.17, 15) is 22.8 Å². The van der Waals surface area contributed by atoms with Gasteiger partial charge in [-0.05, 0) is 50.6 Å². The Balaban J connectivity index is 1.48. The summed E-state index contributed by atoms with van der Waals surface area (Å²) in [5, 5.41) is 2.64. The highest BCUT2D eigenvalue weighted by molar-refractivity contribution is 6.04. The Morgan fingerprint density at radius 1 is 1.15 bits per heavy atom. The lowest BCUT2D eigenvalue weighted by atomic mass is 10.0. The molecule has 3 aromatic rings. The predicted molar refractivity (Wildman–Crippen MR) is 140 cm³/mol. The molecule has 39 heavy (non-hydrogen) atoms. The molecule has 1 unspecified atom stereocenters. The maximum Gasteiger partial charge on any atom is 0.416 e. The predicted octanol–water partition coefficient (Wildman–Crippen LogP) is 4.79. The number of alkyl halides is 3. The number of benzene rings is 1. The first-order chi connectivity index (χ1) is 18.7. The number of amides is 2. The number of aryl methyl sites for hydroxylation is 1. The van der Waals surface area contributed by atoms with Crippen LogP contribution < -0.4 is 10.2 Å². The van der Waals surface area contributed by atoms with E-state index in [-0.39, 0.29) is 17.5 Å². The molecule has 1 atom stereocenters. The fourth-order valence-corrected chi connectivity index (χ4v) is 5.01. The Labute approximate surface area is 223 Å². The van der Waals surface area contributed by atoms with Gasteiger partial charge >= 0.3 is 6.18 Å². The molecular formula is C28H28F3N5O3. The molecule has 1 fully saturated rings. The largest absolute Gasteiger partial charge is 0.416 e. The number of likely N-dealkylation sites (N-methyl/N-ethyl adjacent to an activating group) is 1. The van der Waals surface area contributed by atoms with Crippen molar-refractivity contribution >= 4 is 23.2 Å². The Hall–Kier alpha value is -3.99. The Morgan fingerprint density at radius 3 is 2.74 bits per heavy atom. The number of nitrogens with one attached hydrogen (secondary N) is 1. The maximum atomic E-state index is 13.3. The van der Waals surface area contributed by atoms with Crippen molar-refractivity contribution in [2.24, 2.45) is 0 Å².